The first kappa shape index (κ1) is 17.4. The number of urea groups is 1. The van der Waals surface area contributed by atoms with Gasteiger partial charge >= 0.3 is 6.03 Å². The van der Waals surface area contributed by atoms with Gasteiger partial charge in [-0.1, -0.05) is 56.6 Å². The Hall–Kier alpha value is -2.00. The third-order valence-electron chi connectivity index (χ3n) is 3.73. The largest absolute Gasteiger partial charge is 0.331 e. The first-order chi connectivity index (χ1) is 10.8. The van der Waals surface area contributed by atoms with Crippen molar-refractivity contribution in [2.45, 2.75) is 39.2 Å². The van der Waals surface area contributed by atoms with E-state index in [-0.39, 0.29) is 17.5 Å². The minimum absolute atomic E-state index is 0.0729. The van der Waals surface area contributed by atoms with Gasteiger partial charge in [0.05, 0.1) is 6.04 Å². The number of amides is 2. The molecule has 0 saturated carbocycles. The van der Waals surface area contributed by atoms with Crippen molar-refractivity contribution in [3.8, 4) is 0 Å². The third-order valence-corrected chi connectivity index (χ3v) is 3.98. The Labute approximate surface area is 143 Å². The SMILES string of the molecule is C[C@H](NC(=O)Nc1ccc(Cl)cc1)c1ccc(C(C)(C)C)cc1. The van der Waals surface area contributed by atoms with E-state index in [4.69, 9.17) is 11.6 Å². The quantitative estimate of drug-likeness (QED) is 0.764. The van der Waals surface area contributed by atoms with Crippen LogP contribution in [0.25, 0.3) is 0 Å². The van der Waals surface area contributed by atoms with Crippen molar-refractivity contribution in [1.29, 1.82) is 0 Å². The molecule has 2 N–H and O–H groups in total. The van der Waals surface area contributed by atoms with Gasteiger partial charge in [-0.3, -0.25) is 0 Å². The molecule has 23 heavy (non-hydrogen) atoms. The first-order valence-electron chi connectivity index (χ1n) is 7.69. The fourth-order valence-electron chi connectivity index (χ4n) is 2.25. The van der Waals surface area contributed by atoms with Crippen LogP contribution in [0.1, 0.15) is 44.9 Å². The Kier molecular flexibility index (Phi) is 5.32. The molecule has 0 saturated heterocycles. The molecule has 0 aliphatic rings. The molecule has 1 atom stereocenters. The summed E-state index contributed by atoms with van der Waals surface area (Å²) in [5.41, 5.74) is 3.19. The molecule has 0 radical (unpaired) electrons. The van der Waals surface area contributed by atoms with E-state index in [1.165, 1.54) is 5.56 Å². The second-order valence-electron chi connectivity index (χ2n) is 6.70. The van der Waals surface area contributed by atoms with Gasteiger partial charge in [-0.05, 0) is 47.7 Å². The van der Waals surface area contributed by atoms with Crippen LogP contribution < -0.4 is 10.6 Å². The van der Waals surface area contributed by atoms with Crippen molar-refractivity contribution in [2.75, 3.05) is 5.32 Å². The highest BCUT2D eigenvalue weighted by atomic mass is 35.5. The van der Waals surface area contributed by atoms with Crippen LogP contribution in [-0.4, -0.2) is 6.03 Å². The van der Waals surface area contributed by atoms with Crippen LogP contribution in [0.3, 0.4) is 0 Å². The van der Waals surface area contributed by atoms with Crippen LogP contribution in [0.4, 0.5) is 10.5 Å². The van der Waals surface area contributed by atoms with E-state index in [1.807, 2.05) is 6.92 Å². The Morgan fingerprint density at radius 1 is 1.00 bits per heavy atom. The number of benzene rings is 2. The highest BCUT2D eigenvalue weighted by Gasteiger charge is 2.15. The molecular formula is C19H23ClN2O. The summed E-state index contributed by atoms with van der Waals surface area (Å²) in [6.07, 6.45) is 0. The zero-order valence-electron chi connectivity index (χ0n) is 14.0. The second kappa shape index (κ2) is 7.05. The average molecular weight is 331 g/mol. The van der Waals surface area contributed by atoms with E-state index in [9.17, 15) is 4.79 Å². The van der Waals surface area contributed by atoms with E-state index in [1.54, 1.807) is 24.3 Å². The standard InChI is InChI=1S/C19H23ClN2O/c1-13(14-5-7-15(8-6-14)19(2,3)4)21-18(23)22-17-11-9-16(20)10-12-17/h5-13H,1-4H3,(H2,21,22,23)/t13-/m0/s1. The zero-order chi connectivity index (χ0) is 17.0. The lowest BCUT2D eigenvalue weighted by molar-refractivity contribution is 0.249. The fraction of sp³-hybridized carbons (Fsp3) is 0.316. The lowest BCUT2D eigenvalue weighted by Gasteiger charge is -2.21. The van der Waals surface area contributed by atoms with Crippen molar-refractivity contribution in [1.82, 2.24) is 5.32 Å². The average Bonchev–Trinajstić information content (AvgIpc) is 2.49. The highest BCUT2D eigenvalue weighted by molar-refractivity contribution is 6.30. The molecule has 2 aromatic carbocycles. The number of rotatable bonds is 3. The lowest BCUT2D eigenvalue weighted by Crippen LogP contribution is -2.31. The molecule has 0 spiro atoms. The minimum Gasteiger partial charge on any atom is -0.331 e. The van der Waals surface area contributed by atoms with Crippen LogP contribution in [0.15, 0.2) is 48.5 Å². The molecule has 2 rings (SSSR count). The zero-order valence-corrected chi connectivity index (χ0v) is 14.7. The number of halogens is 1. The normalized spacial score (nSPS) is 12.6. The van der Waals surface area contributed by atoms with Gasteiger partial charge < -0.3 is 10.6 Å². The fourth-order valence-corrected chi connectivity index (χ4v) is 2.38. The van der Waals surface area contributed by atoms with Gasteiger partial charge in [-0.2, -0.15) is 0 Å². The van der Waals surface area contributed by atoms with Gasteiger partial charge in [0.1, 0.15) is 0 Å². The van der Waals surface area contributed by atoms with Crippen molar-refractivity contribution in [3.05, 3.63) is 64.7 Å². The minimum atomic E-state index is -0.236. The maximum Gasteiger partial charge on any atom is 0.319 e. The van der Waals surface area contributed by atoms with Gasteiger partial charge in [-0.15, -0.1) is 0 Å². The van der Waals surface area contributed by atoms with E-state index < -0.39 is 0 Å². The van der Waals surface area contributed by atoms with Gasteiger partial charge in [0.15, 0.2) is 0 Å². The van der Waals surface area contributed by atoms with E-state index in [0.717, 1.165) is 5.56 Å². The summed E-state index contributed by atoms with van der Waals surface area (Å²) in [7, 11) is 0. The monoisotopic (exact) mass is 330 g/mol. The first-order valence-corrected chi connectivity index (χ1v) is 8.07. The molecular weight excluding hydrogens is 308 g/mol. The molecule has 122 valence electrons. The number of carbonyl (C=O) groups excluding carboxylic acids is 1. The van der Waals surface area contributed by atoms with Crippen LogP contribution >= 0.6 is 11.6 Å². The van der Waals surface area contributed by atoms with Gasteiger partial charge in [-0.25, -0.2) is 4.79 Å². The molecule has 0 aliphatic heterocycles. The highest BCUT2D eigenvalue weighted by Crippen LogP contribution is 2.24. The van der Waals surface area contributed by atoms with Crippen LogP contribution in [0.5, 0.6) is 0 Å². The summed E-state index contributed by atoms with van der Waals surface area (Å²) < 4.78 is 0. The number of hydrogen-bond donors (Lipinski definition) is 2. The van der Waals surface area contributed by atoms with E-state index >= 15 is 0 Å². The van der Waals surface area contributed by atoms with Crippen molar-refractivity contribution in [3.63, 3.8) is 0 Å². The molecule has 4 heteroatoms. The number of nitrogens with one attached hydrogen (secondary N) is 2. The van der Waals surface area contributed by atoms with E-state index in [2.05, 4.69) is 55.7 Å². The van der Waals surface area contributed by atoms with Crippen LogP contribution in [0.2, 0.25) is 5.02 Å². The summed E-state index contributed by atoms with van der Waals surface area (Å²) in [5, 5.41) is 6.37. The molecule has 2 aromatic rings. The summed E-state index contributed by atoms with van der Waals surface area (Å²) in [5.74, 6) is 0. The maximum absolute atomic E-state index is 12.1. The van der Waals surface area contributed by atoms with Crippen molar-refractivity contribution in [2.24, 2.45) is 0 Å². The number of anilines is 1. The van der Waals surface area contributed by atoms with Crippen LogP contribution in [0, 0.1) is 0 Å². The number of carbonyl (C=O) groups is 1. The second-order valence-corrected chi connectivity index (χ2v) is 7.14. The molecule has 0 heterocycles. The Balaban J connectivity index is 1.96. The summed E-state index contributed by atoms with van der Waals surface area (Å²) in [6.45, 7) is 8.52. The lowest BCUT2D eigenvalue weighted by atomic mass is 9.86. The van der Waals surface area contributed by atoms with E-state index in [0.29, 0.717) is 10.7 Å². The maximum atomic E-state index is 12.1. The van der Waals surface area contributed by atoms with Gasteiger partial charge in [0.25, 0.3) is 0 Å². The Morgan fingerprint density at radius 2 is 1.57 bits per heavy atom. The molecule has 0 fully saturated rings. The smallest absolute Gasteiger partial charge is 0.319 e. The summed E-state index contributed by atoms with van der Waals surface area (Å²) in [4.78, 5) is 12.1. The molecule has 0 unspecified atom stereocenters. The number of hydrogen-bond acceptors (Lipinski definition) is 1. The van der Waals surface area contributed by atoms with Gasteiger partial charge in [0, 0.05) is 10.7 Å². The third kappa shape index (κ3) is 5.00. The topological polar surface area (TPSA) is 41.1 Å². The molecule has 0 bridgehead atoms. The predicted octanol–water partition coefficient (Wildman–Crippen LogP) is 5.52. The summed E-state index contributed by atoms with van der Waals surface area (Å²) in [6, 6.07) is 15.1. The Morgan fingerprint density at radius 3 is 2.09 bits per heavy atom. The van der Waals surface area contributed by atoms with Gasteiger partial charge in [0.2, 0.25) is 0 Å². The molecule has 0 aromatic heterocycles. The summed E-state index contributed by atoms with van der Waals surface area (Å²) >= 11 is 5.83. The Bertz CT molecular complexity index is 657. The van der Waals surface area contributed by atoms with Crippen LogP contribution in [-0.2, 0) is 5.41 Å². The molecule has 2 amide bonds. The predicted molar refractivity (Wildman–Crippen MR) is 97.2 cm³/mol. The molecule has 0 aliphatic carbocycles. The van der Waals surface area contributed by atoms with Crippen molar-refractivity contribution >= 4 is 23.3 Å². The molecule has 3 nitrogen and oxygen atoms in total. The van der Waals surface area contributed by atoms with Crippen molar-refractivity contribution < 1.29 is 4.79 Å².